The van der Waals surface area contributed by atoms with Crippen molar-refractivity contribution in [2.75, 3.05) is 13.2 Å². The van der Waals surface area contributed by atoms with Crippen LogP contribution in [0.2, 0.25) is 0 Å². The largest absolute Gasteiger partial charge is 0.535 e. The zero-order valence-electron chi connectivity index (χ0n) is 16.3. The van der Waals surface area contributed by atoms with Crippen LogP contribution in [-0.2, 0) is 20.7 Å². The molecule has 1 aromatic carbocycles. The molecule has 0 heterocycles. The number of hydrogen-bond acceptors (Lipinski definition) is 7. The SMILES string of the molecule is CC(C)COC(=O)O/N=C1\CCCc2cc(OC(=O)OCC(C)C)ccc21. The summed E-state index contributed by atoms with van der Waals surface area (Å²) in [6.45, 7) is 8.38. The summed E-state index contributed by atoms with van der Waals surface area (Å²) < 4.78 is 15.2. The van der Waals surface area contributed by atoms with Crippen LogP contribution in [0.1, 0.15) is 51.7 Å². The van der Waals surface area contributed by atoms with E-state index in [2.05, 4.69) is 5.16 Å². The van der Waals surface area contributed by atoms with Crippen molar-refractivity contribution in [1.29, 1.82) is 0 Å². The first kappa shape index (κ1) is 20.7. The maximum atomic E-state index is 11.7. The minimum absolute atomic E-state index is 0.228. The molecule has 0 amide bonds. The quantitative estimate of drug-likeness (QED) is 0.309. The van der Waals surface area contributed by atoms with Crippen molar-refractivity contribution < 1.29 is 28.6 Å². The number of carbonyl (C=O) groups excluding carboxylic acids is 2. The van der Waals surface area contributed by atoms with Crippen LogP contribution in [0.25, 0.3) is 0 Å². The summed E-state index contributed by atoms with van der Waals surface area (Å²) in [6.07, 6.45) is 0.851. The minimum Gasteiger partial charge on any atom is -0.434 e. The summed E-state index contributed by atoms with van der Waals surface area (Å²) >= 11 is 0. The molecule has 1 aliphatic carbocycles. The van der Waals surface area contributed by atoms with Crippen molar-refractivity contribution >= 4 is 18.0 Å². The highest BCUT2D eigenvalue weighted by Gasteiger charge is 2.19. The van der Waals surface area contributed by atoms with Crippen molar-refractivity contribution in [3.8, 4) is 5.75 Å². The van der Waals surface area contributed by atoms with E-state index in [1.807, 2.05) is 27.7 Å². The number of aryl methyl sites for hydroxylation is 1. The van der Waals surface area contributed by atoms with Gasteiger partial charge in [-0.3, -0.25) is 4.84 Å². The van der Waals surface area contributed by atoms with E-state index in [-0.39, 0.29) is 18.4 Å². The molecule has 0 aromatic heterocycles. The van der Waals surface area contributed by atoms with Gasteiger partial charge in [0.05, 0.1) is 18.9 Å². The zero-order valence-corrected chi connectivity index (χ0v) is 16.3. The normalized spacial score (nSPS) is 14.8. The molecule has 2 rings (SSSR count). The Morgan fingerprint density at radius 3 is 2.33 bits per heavy atom. The van der Waals surface area contributed by atoms with Gasteiger partial charge in [0.2, 0.25) is 0 Å². The highest BCUT2D eigenvalue weighted by atomic mass is 16.8. The molecule has 0 atom stereocenters. The molecular formula is C20H27NO6. The van der Waals surface area contributed by atoms with E-state index in [4.69, 9.17) is 19.0 Å². The molecule has 1 aliphatic rings. The Bertz CT molecular complexity index is 696. The van der Waals surface area contributed by atoms with Crippen LogP contribution >= 0.6 is 0 Å². The molecule has 1 aromatic rings. The smallest absolute Gasteiger partial charge is 0.434 e. The third kappa shape index (κ3) is 6.92. The fourth-order valence-electron chi connectivity index (χ4n) is 2.51. The van der Waals surface area contributed by atoms with Gasteiger partial charge in [0.15, 0.2) is 0 Å². The molecule has 7 nitrogen and oxygen atoms in total. The Morgan fingerprint density at radius 2 is 1.67 bits per heavy atom. The van der Waals surface area contributed by atoms with Crippen LogP contribution in [0.4, 0.5) is 9.59 Å². The second-order valence-electron chi connectivity index (χ2n) is 7.31. The Morgan fingerprint density at radius 1 is 1.00 bits per heavy atom. The average Bonchev–Trinajstić information content (AvgIpc) is 2.62. The highest BCUT2D eigenvalue weighted by molar-refractivity contribution is 6.02. The van der Waals surface area contributed by atoms with E-state index < -0.39 is 12.3 Å². The average molecular weight is 377 g/mol. The minimum atomic E-state index is -0.809. The van der Waals surface area contributed by atoms with E-state index in [0.717, 1.165) is 24.0 Å². The van der Waals surface area contributed by atoms with Gasteiger partial charge >= 0.3 is 12.3 Å². The third-order valence-electron chi connectivity index (χ3n) is 3.75. The lowest BCUT2D eigenvalue weighted by Gasteiger charge is -2.18. The molecule has 148 valence electrons. The van der Waals surface area contributed by atoms with Crippen molar-refractivity contribution in [2.24, 2.45) is 17.0 Å². The molecule has 0 fully saturated rings. The second-order valence-corrected chi connectivity index (χ2v) is 7.31. The summed E-state index contributed by atoms with van der Waals surface area (Å²) in [5.74, 6) is 0.888. The molecule has 0 bridgehead atoms. The molecule has 0 saturated carbocycles. The zero-order chi connectivity index (χ0) is 19.8. The summed E-state index contributed by atoms with van der Waals surface area (Å²) in [5.41, 5.74) is 2.53. The number of rotatable bonds is 6. The number of oxime groups is 1. The van der Waals surface area contributed by atoms with Gasteiger partial charge in [0.25, 0.3) is 0 Å². The lowest BCUT2D eigenvalue weighted by Crippen LogP contribution is -2.16. The molecule has 0 unspecified atom stereocenters. The van der Waals surface area contributed by atoms with Gasteiger partial charge in [-0.2, -0.15) is 0 Å². The molecule has 0 N–H and O–H groups in total. The number of ether oxygens (including phenoxy) is 3. The summed E-state index contributed by atoms with van der Waals surface area (Å²) in [7, 11) is 0. The molecule has 0 saturated heterocycles. The summed E-state index contributed by atoms with van der Waals surface area (Å²) in [5, 5.41) is 3.95. The fraction of sp³-hybridized carbons (Fsp3) is 0.550. The van der Waals surface area contributed by atoms with Crippen molar-refractivity contribution in [3.05, 3.63) is 29.3 Å². The lowest BCUT2D eigenvalue weighted by atomic mass is 9.90. The fourth-order valence-corrected chi connectivity index (χ4v) is 2.51. The first-order valence-electron chi connectivity index (χ1n) is 9.23. The van der Waals surface area contributed by atoms with Gasteiger partial charge in [0.1, 0.15) is 5.75 Å². The van der Waals surface area contributed by atoms with E-state index in [9.17, 15) is 9.59 Å². The van der Waals surface area contributed by atoms with Crippen molar-refractivity contribution in [3.63, 3.8) is 0 Å². The van der Waals surface area contributed by atoms with Crippen LogP contribution in [0.3, 0.4) is 0 Å². The van der Waals surface area contributed by atoms with Crippen LogP contribution in [0.5, 0.6) is 5.75 Å². The third-order valence-corrected chi connectivity index (χ3v) is 3.75. The van der Waals surface area contributed by atoms with Crippen LogP contribution in [0.15, 0.2) is 23.4 Å². The maximum Gasteiger partial charge on any atom is 0.535 e. The van der Waals surface area contributed by atoms with E-state index in [0.29, 0.717) is 24.5 Å². The Labute approximate surface area is 159 Å². The predicted molar refractivity (Wildman–Crippen MR) is 100 cm³/mol. The number of hydrogen-bond donors (Lipinski definition) is 0. The Kier molecular flexibility index (Phi) is 7.64. The molecule has 0 spiro atoms. The molecule has 0 aliphatic heterocycles. The highest BCUT2D eigenvalue weighted by Crippen LogP contribution is 2.26. The second kappa shape index (κ2) is 9.94. The number of nitrogens with zero attached hydrogens (tertiary/aromatic N) is 1. The van der Waals surface area contributed by atoms with Crippen LogP contribution in [-0.4, -0.2) is 31.2 Å². The lowest BCUT2D eigenvalue weighted by molar-refractivity contribution is 0.0493. The number of benzene rings is 1. The number of fused-ring (bicyclic) bond motifs is 1. The van der Waals surface area contributed by atoms with Gasteiger partial charge in [-0.05, 0) is 54.9 Å². The molecule has 7 heteroatoms. The van der Waals surface area contributed by atoms with Gasteiger partial charge in [-0.1, -0.05) is 32.9 Å². The summed E-state index contributed by atoms with van der Waals surface area (Å²) in [6, 6.07) is 5.27. The van der Waals surface area contributed by atoms with Crippen molar-refractivity contribution in [2.45, 2.75) is 47.0 Å². The van der Waals surface area contributed by atoms with Gasteiger partial charge in [-0.15, -0.1) is 0 Å². The first-order chi connectivity index (χ1) is 12.8. The first-order valence-corrected chi connectivity index (χ1v) is 9.23. The number of carbonyl (C=O) groups is 2. The monoisotopic (exact) mass is 377 g/mol. The van der Waals surface area contributed by atoms with Crippen LogP contribution in [0, 0.1) is 11.8 Å². The molecule has 0 radical (unpaired) electrons. The maximum absolute atomic E-state index is 11.7. The predicted octanol–water partition coefficient (Wildman–Crippen LogP) is 4.71. The van der Waals surface area contributed by atoms with Gasteiger partial charge in [0, 0.05) is 5.56 Å². The Balaban J connectivity index is 2.00. The van der Waals surface area contributed by atoms with E-state index in [1.54, 1.807) is 18.2 Å². The molecular weight excluding hydrogens is 350 g/mol. The van der Waals surface area contributed by atoms with Crippen LogP contribution < -0.4 is 4.74 Å². The van der Waals surface area contributed by atoms with E-state index >= 15 is 0 Å². The topological polar surface area (TPSA) is 83.4 Å². The Hall–Kier alpha value is -2.57. The molecule has 27 heavy (non-hydrogen) atoms. The summed E-state index contributed by atoms with van der Waals surface area (Å²) in [4.78, 5) is 28.1. The van der Waals surface area contributed by atoms with Crippen molar-refractivity contribution in [1.82, 2.24) is 0 Å². The standard InChI is InChI=1S/C20H27NO6/c1-13(2)11-24-19(22)26-16-8-9-17-15(10-16)6-5-7-18(17)21-27-20(23)25-12-14(3)4/h8-10,13-14H,5-7,11-12H2,1-4H3/b21-18+. The van der Waals surface area contributed by atoms with Gasteiger partial charge < -0.3 is 14.2 Å². The van der Waals surface area contributed by atoms with E-state index in [1.165, 1.54) is 0 Å². The van der Waals surface area contributed by atoms with Gasteiger partial charge in [-0.25, -0.2) is 9.59 Å².